The molecule has 0 radical (unpaired) electrons. The Morgan fingerprint density at radius 2 is 1.90 bits per heavy atom. The standard InChI is InChI=1S/C15H20F3NO2/c1-11(6-5-9-20)19-14(21)10-13(15(16,17)18)12-7-3-2-4-8-12/h2-4,7-8,11,13,20H,5-6,9-10H2,1H3,(H,19,21). The van der Waals surface area contributed by atoms with E-state index in [2.05, 4.69) is 5.32 Å². The summed E-state index contributed by atoms with van der Waals surface area (Å²) in [6.07, 6.45) is -4.06. The quantitative estimate of drug-likeness (QED) is 0.813. The van der Waals surface area contributed by atoms with E-state index in [4.69, 9.17) is 5.11 Å². The lowest BCUT2D eigenvalue weighted by atomic mass is 9.94. The average molecular weight is 303 g/mol. The smallest absolute Gasteiger partial charge is 0.396 e. The van der Waals surface area contributed by atoms with Gasteiger partial charge in [-0.2, -0.15) is 13.2 Å². The molecule has 0 aliphatic rings. The predicted octanol–water partition coefficient (Wildman–Crippen LogP) is 3.00. The fourth-order valence-electron chi connectivity index (χ4n) is 2.10. The van der Waals surface area contributed by atoms with Crippen molar-refractivity contribution < 1.29 is 23.1 Å². The van der Waals surface area contributed by atoms with Crippen molar-refractivity contribution in [3.8, 4) is 0 Å². The molecule has 118 valence electrons. The van der Waals surface area contributed by atoms with Gasteiger partial charge in [0.1, 0.15) is 0 Å². The van der Waals surface area contributed by atoms with E-state index in [0.29, 0.717) is 12.8 Å². The maximum absolute atomic E-state index is 13.1. The first-order valence-corrected chi connectivity index (χ1v) is 6.86. The summed E-state index contributed by atoms with van der Waals surface area (Å²) in [6.45, 7) is 1.70. The molecule has 0 saturated carbocycles. The van der Waals surface area contributed by atoms with Gasteiger partial charge in [0.25, 0.3) is 0 Å². The molecular weight excluding hydrogens is 283 g/mol. The van der Waals surface area contributed by atoms with Crippen LogP contribution in [0.25, 0.3) is 0 Å². The van der Waals surface area contributed by atoms with Crippen LogP contribution in [0, 0.1) is 0 Å². The normalized spacial score (nSPS) is 14.5. The molecule has 0 aliphatic carbocycles. The number of aliphatic hydroxyl groups excluding tert-OH is 1. The lowest BCUT2D eigenvalue weighted by Crippen LogP contribution is -2.35. The Balaban J connectivity index is 2.68. The van der Waals surface area contributed by atoms with Gasteiger partial charge >= 0.3 is 6.18 Å². The van der Waals surface area contributed by atoms with Gasteiger partial charge in [0, 0.05) is 19.1 Å². The van der Waals surface area contributed by atoms with Crippen LogP contribution in [-0.4, -0.2) is 29.8 Å². The minimum Gasteiger partial charge on any atom is -0.396 e. The predicted molar refractivity (Wildman–Crippen MR) is 73.8 cm³/mol. The first-order valence-electron chi connectivity index (χ1n) is 6.86. The lowest BCUT2D eigenvalue weighted by Gasteiger charge is -2.21. The maximum atomic E-state index is 13.1. The maximum Gasteiger partial charge on any atom is 0.396 e. The molecule has 1 amide bonds. The first kappa shape index (κ1) is 17.5. The highest BCUT2D eigenvalue weighted by molar-refractivity contribution is 5.77. The molecule has 0 saturated heterocycles. The number of hydrogen-bond acceptors (Lipinski definition) is 2. The lowest BCUT2D eigenvalue weighted by molar-refractivity contribution is -0.157. The van der Waals surface area contributed by atoms with Gasteiger partial charge in [-0.25, -0.2) is 0 Å². The van der Waals surface area contributed by atoms with E-state index in [9.17, 15) is 18.0 Å². The van der Waals surface area contributed by atoms with Crippen molar-refractivity contribution in [2.45, 2.75) is 44.3 Å². The molecule has 3 nitrogen and oxygen atoms in total. The molecule has 1 aromatic rings. The van der Waals surface area contributed by atoms with Gasteiger partial charge in [0.2, 0.25) is 5.91 Å². The van der Waals surface area contributed by atoms with E-state index in [1.807, 2.05) is 0 Å². The first-order chi connectivity index (χ1) is 9.84. The van der Waals surface area contributed by atoms with Crippen LogP contribution in [0.4, 0.5) is 13.2 Å². The number of halogens is 3. The SMILES string of the molecule is CC(CCCO)NC(=O)CC(c1ccccc1)C(F)(F)F. The minimum atomic E-state index is -4.47. The molecule has 0 spiro atoms. The zero-order chi connectivity index (χ0) is 15.9. The van der Waals surface area contributed by atoms with Gasteiger partial charge in [-0.1, -0.05) is 30.3 Å². The molecule has 21 heavy (non-hydrogen) atoms. The third-order valence-electron chi connectivity index (χ3n) is 3.19. The third kappa shape index (κ3) is 6.16. The van der Waals surface area contributed by atoms with Crippen LogP contribution in [0.3, 0.4) is 0 Å². The molecule has 0 fully saturated rings. The van der Waals surface area contributed by atoms with Crippen molar-refractivity contribution >= 4 is 5.91 Å². The van der Waals surface area contributed by atoms with Crippen LogP contribution in [0.15, 0.2) is 30.3 Å². The molecule has 1 aromatic carbocycles. The van der Waals surface area contributed by atoms with E-state index < -0.39 is 24.4 Å². The van der Waals surface area contributed by atoms with Crippen LogP contribution >= 0.6 is 0 Å². The summed E-state index contributed by atoms with van der Waals surface area (Å²) in [5.41, 5.74) is 0.0863. The number of carbonyl (C=O) groups is 1. The summed E-state index contributed by atoms with van der Waals surface area (Å²) in [7, 11) is 0. The number of benzene rings is 1. The Morgan fingerprint density at radius 3 is 2.43 bits per heavy atom. The van der Waals surface area contributed by atoms with Crippen LogP contribution in [-0.2, 0) is 4.79 Å². The third-order valence-corrected chi connectivity index (χ3v) is 3.19. The zero-order valence-electron chi connectivity index (χ0n) is 11.9. The number of amides is 1. The van der Waals surface area contributed by atoms with Crippen molar-refractivity contribution in [3.05, 3.63) is 35.9 Å². The molecule has 1 rings (SSSR count). The van der Waals surface area contributed by atoms with E-state index in [1.54, 1.807) is 13.0 Å². The largest absolute Gasteiger partial charge is 0.396 e. The second-order valence-corrected chi connectivity index (χ2v) is 5.04. The van der Waals surface area contributed by atoms with E-state index in [-0.39, 0.29) is 18.2 Å². The topological polar surface area (TPSA) is 49.3 Å². The molecule has 0 heterocycles. The summed E-state index contributed by atoms with van der Waals surface area (Å²) in [5, 5.41) is 11.2. The van der Waals surface area contributed by atoms with Crippen LogP contribution < -0.4 is 5.32 Å². The highest BCUT2D eigenvalue weighted by Crippen LogP contribution is 2.37. The van der Waals surface area contributed by atoms with E-state index in [0.717, 1.165) is 0 Å². The summed E-state index contributed by atoms with van der Waals surface area (Å²) in [4.78, 5) is 11.8. The fourth-order valence-corrected chi connectivity index (χ4v) is 2.10. The molecule has 0 aliphatic heterocycles. The van der Waals surface area contributed by atoms with Crippen LogP contribution in [0.2, 0.25) is 0 Å². The number of aliphatic hydroxyl groups is 1. The van der Waals surface area contributed by atoms with Crippen molar-refractivity contribution in [1.82, 2.24) is 5.32 Å². The Morgan fingerprint density at radius 1 is 1.29 bits per heavy atom. The summed E-state index contributed by atoms with van der Waals surface area (Å²) < 4.78 is 39.3. The minimum absolute atomic E-state index is 0.00456. The number of hydrogen-bond donors (Lipinski definition) is 2. The Kier molecular flexibility index (Phi) is 6.68. The van der Waals surface area contributed by atoms with Gasteiger partial charge in [-0.05, 0) is 25.3 Å². The number of carbonyl (C=O) groups excluding carboxylic acids is 1. The molecule has 0 bridgehead atoms. The summed E-state index contributed by atoms with van der Waals surface area (Å²) in [5.74, 6) is -2.43. The van der Waals surface area contributed by atoms with Gasteiger partial charge in [0.15, 0.2) is 0 Å². The van der Waals surface area contributed by atoms with E-state index in [1.165, 1.54) is 24.3 Å². The number of rotatable bonds is 7. The Hall–Kier alpha value is -1.56. The molecule has 0 aromatic heterocycles. The second-order valence-electron chi connectivity index (χ2n) is 5.04. The number of nitrogens with one attached hydrogen (secondary N) is 1. The Bertz CT molecular complexity index is 434. The summed E-state index contributed by atoms with van der Waals surface area (Å²) >= 11 is 0. The summed E-state index contributed by atoms with van der Waals surface area (Å²) in [6, 6.07) is 7.18. The second kappa shape index (κ2) is 8.02. The van der Waals surface area contributed by atoms with Crippen molar-refractivity contribution in [2.24, 2.45) is 0 Å². The van der Waals surface area contributed by atoms with Crippen molar-refractivity contribution in [3.63, 3.8) is 0 Å². The van der Waals surface area contributed by atoms with Crippen molar-refractivity contribution in [1.29, 1.82) is 0 Å². The monoisotopic (exact) mass is 303 g/mol. The number of alkyl halides is 3. The average Bonchev–Trinajstić information content (AvgIpc) is 2.42. The van der Waals surface area contributed by atoms with Gasteiger partial charge < -0.3 is 10.4 Å². The highest BCUT2D eigenvalue weighted by atomic mass is 19.4. The van der Waals surface area contributed by atoms with E-state index >= 15 is 0 Å². The van der Waals surface area contributed by atoms with Crippen LogP contribution in [0.5, 0.6) is 0 Å². The zero-order valence-corrected chi connectivity index (χ0v) is 11.9. The van der Waals surface area contributed by atoms with Gasteiger partial charge in [-0.3, -0.25) is 4.79 Å². The molecule has 2 N–H and O–H groups in total. The molecule has 2 unspecified atom stereocenters. The van der Waals surface area contributed by atoms with Crippen molar-refractivity contribution in [2.75, 3.05) is 6.61 Å². The molecular formula is C15H20F3NO2. The van der Waals surface area contributed by atoms with Gasteiger partial charge in [0.05, 0.1) is 5.92 Å². The van der Waals surface area contributed by atoms with Gasteiger partial charge in [-0.15, -0.1) is 0 Å². The fraction of sp³-hybridized carbons (Fsp3) is 0.533. The Labute approximate surface area is 122 Å². The highest BCUT2D eigenvalue weighted by Gasteiger charge is 2.41. The van der Waals surface area contributed by atoms with Crippen LogP contribution in [0.1, 0.15) is 37.7 Å². The molecule has 2 atom stereocenters. The molecule has 6 heteroatoms.